The molecule has 0 radical (unpaired) electrons. The number of aliphatic imine (C=N–C) groups is 1. The number of rotatable bonds is 2. The number of amides is 1. The number of carbonyl (C=O) groups is 2. The molecular weight excluding hydrogens is 424 g/mol. The van der Waals surface area contributed by atoms with Gasteiger partial charge in [0.15, 0.2) is 0 Å². The summed E-state index contributed by atoms with van der Waals surface area (Å²) >= 11 is 1.75. The van der Waals surface area contributed by atoms with Gasteiger partial charge < -0.3 is 15.5 Å². The summed E-state index contributed by atoms with van der Waals surface area (Å²) in [6.45, 7) is 7.53. The normalized spacial score (nSPS) is 40.9. The third kappa shape index (κ3) is 5.72. The molecule has 0 aromatic rings. The number of Topliss-reactive ketones (excluding diaryl/α,β-unsaturated/α-hetero) is 1. The molecule has 1 amide bonds. The molecule has 1 unspecified atom stereocenters. The van der Waals surface area contributed by atoms with E-state index in [1.807, 2.05) is 13.8 Å². The van der Waals surface area contributed by atoms with Gasteiger partial charge in [0.25, 0.3) is 0 Å². The minimum Gasteiger partial charge on any atom is -0.392 e. The number of nitrogens with zero attached hydrogens (tertiary/aromatic N) is 1. The van der Waals surface area contributed by atoms with E-state index in [-0.39, 0.29) is 36.1 Å². The van der Waals surface area contributed by atoms with Crippen molar-refractivity contribution in [3.05, 3.63) is 23.8 Å². The lowest BCUT2D eigenvalue weighted by atomic mass is 9.60. The van der Waals surface area contributed by atoms with Crippen LogP contribution in [0, 0.1) is 17.3 Å². The van der Waals surface area contributed by atoms with Crippen molar-refractivity contribution in [2.45, 2.75) is 90.5 Å². The van der Waals surface area contributed by atoms with Gasteiger partial charge in [0.1, 0.15) is 5.78 Å². The van der Waals surface area contributed by atoms with Crippen LogP contribution in [0.5, 0.6) is 0 Å². The van der Waals surface area contributed by atoms with Crippen molar-refractivity contribution in [1.29, 1.82) is 0 Å². The maximum absolute atomic E-state index is 13.0. The van der Waals surface area contributed by atoms with Crippen molar-refractivity contribution in [3.8, 4) is 0 Å². The van der Waals surface area contributed by atoms with Gasteiger partial charge in [0, 0.05) is 11.7 Å². The molecule has 3 N–H and O–H groups in total. The summed E-state index contributed by atoms with van der Waals surface area (Å²) in [5, 5.41) is 25.8. The van der Waals surface area contributed by atoms with Gasteiger partial charge in [0.2, 0.25) is 5.91 Å². The molecule has 1 saturated carbocycles. The van der Waals surface area contributed by atoms with Gasteiger partial charge in [0.05, 0.1) is 41.2 Å². The summed E-state index contributed by atoms with van der Waals surface area (Å²) in [6, 6.07) is -0.0402. The first kappa shape index (κ1) is 25.2. The SMILES string of the molecule is CC1=NC(/C=C(\C)[C@@H]2C/C=C\CCC[C@@H]3C[C@@](C)(C(=O)[C@@H](C)[C@@H]3O)[C@@H](O)CC(=O)N2)CS1. The second-order valence-electron chi connectivity index (χ2n) is 9.94. The molecule has 1 fully saturated rings. The number of aliphatic hydroxyl groups excluding tert-OH is 2. The maximum Gasteiger partial charge on any atom is 0.223 e. The zero-order valence-corrected chi connectivity index (χ0v) is 20.5. The second-order valence-corrected chi connectivity index (χ2v) is 11.2. The van der Waals surface area contributed by atoms with Crippen molar-refractivity contribution in [2.24, 2.45) is 22.2 Å². The Balaban J connectivity index is 1.80. The number of fused-ring (bicyclic) bond motifs is 2. The first-order valence-corrected chi connectivity index (χ1v) is 12.8. The van der Waals surface area contributed by atoms with Gasteiger partial charge in [-0.05, 0) is 51.9 Å². The Morgan fingerprint density at radius 3 is 2.75 bits per heavy atom. The summed E-state index contributed by atoms with van der Waals surface area (Å²) in [6.07, 6.45) is 8.18. The number of carbonyl (C=O) groups excluding carboxylic acids is 2. The van der Waals surface area contributed by atoms with Crippen molar-refractivity contribution in [1.82, 2.24) is 5.32 Å². The van der Waals surface area contributed by atoms with Crippen LogP contribution < -0.4 is 5.32 Å². The molecule has 0 aromatic heterocycles. The fourth-order valence-corrected chi connectivity index (χ4v) is 6.10. The molecule has 178 valence electrons. The summed E-state index contributed by atoms with van der Waals surface area (Å²) in [5.74, 6) is -0.0675. The van der Waals surface area contributed by atoms with E-state index >= 15 is 0 Å². The topological polar surface area (TPSA) is 99.0 Å². The van der Waals surface area contributed by atoms with Gasteiger partial charge in [-0.15, -0.1) is 11.8 Å². The molecule has 1 aliphatic carbocycles. The van der Waals surface area contributed by atoms with Crippen LogP contribution in [-0.2, 0) is 9.59 Å². The average Bonchev–Trinajstić information content (AvgIpc) is 3.15. The summed E-state index contributed by atoms with van der Waals surface area (Å²) in [5.41, 5.74) is 0.0410. The highest BCUT2D eigenvalue weighted by atomic mass is 32.2. The smallest absolute Gasteiger partial charge is 0.223 e. The maximum atomic E-state index is 13.0. The third-order valence-corrected chi connectivity index (χ3v) is 8.44. The highest BCUT2D eigenvalue weighted by molar-refractivity contribution is 8.14. The number of hydrogen-bond acceptors (Lipinski definition) is 6. The highest BCUT2D eigenvalue weighted by Gasteiger charge is 2.51. The molecule has 2 bridgehead atoms. The summed E-state index contributed by atoms with van der Waals surface area (Å²) in [7, 11) is 0. The Hall–Kier alpha value is -1.44. The molecule has 3 rings (SSSR count). The van der Waals surface area contributed by atoms with Crippen molar-refractivity contribution in [2.75, 3.05) is 5.75 Å². The minimum absolute atomic E-state index is 0.0482. The molecule has 2 heterocycles. The van der Waals surface area contributed by atoms with Gasteiger partial charge >= 0.3 is 0 Å². The lowest BCUT2D eigenvalue weighted by Gasteiger charge is -2.45. The number of thioether (sulfide) groups is 1. The number of nitrogens with one attached hydrogen (secondary N) is 1. The molecule has 0 aromatic carbocycles. The molecule has 2 aliphatic heterocycles. The predicted molar refractivity (Wildman–Crippen MR) is 130 cm³/mol. The van der Waals surface area contributed by atoms with E-state index in [1.165, 1.54) is 0 Å². The standard InChI is InChI=1S/C25H38N2O4S/c1-15(11-19-14-32-17(3)26-19)20-10-8-6-5-7-9-18-13-25(4,21(28)12-22(29)27-20)24(31)16(2)23(18)30/h6,8,11,16,18-21,23,28,30H,5,7,9-10,12-14H2,1-4H3,(H,27,29)/b8-6-,15-11+/t16-,18+,19?,20-,21-,23-,25+/m0/s1. The number of hydrogen-bond donors (Lipinski definition) is 3. The van der Waals surface area contributed by atoms with Crippen molar-refractivity contribution >= 4 is 28.5 Å². The van der Waals surface area contributed by atoms with Crippen LogP contribution in [0.3, 0.4) is 0 Å². The Morgan fingerprint density at radius 2 is 2.06 bits per heavy atom. The zero-order chi connectivity index (χ0) is 23.5. The molecule has 0 spiro atoms. The van der Waals surface area contributed by atoms with E-state index in [0.29, 0.717) is 12.8 Å². The minimum atomic E-state index is -1.07. The predicted octanol–water partition coefficient (Wildman–Crippen LogP) is 3.42. The Kier molecular flexibility index (Phi) is 8.39. The van der Waals surface area contributed by atoms with E-state index in [4.69, 9.17) is 0 Å². The Labute approximate surface area is 196 Å². The van der Waals surface area contributed by atoms with Crippen LogP contribution in [0.2, 0.25) is 0 Å². The molecule has 7 heteroatoms. The van der Waals surface area contributed by atoms with Gasteiger partial charge in [-0.1, -0.05) is 37.6 Å². The zero-order valence-electron chi connectivity index (χ0n) is 19.7. The molecule has 7 atom stereocenters. The fourth-order valence-electron chi connectivity index (χ4n) is 5.30. The van der Waals surface area contributed by atoms with Gasteiger partial charge in [-0.3, -0.25) is 14.6 Å². The average molecular weight is 463 g/mol. The molecule has 32 heavy (non-hydrogen) atoms. The first-order chi connectivity index (χ1) is 15.1. The fraction of sp³-hybridized carbons (Fsp3) is 0.720. The first-order valence-electron chi connectivity index (χ1n) is 11.8. The van der Waals surface area contributed by atoms with Gasteiger partial charge in [-0.2, -0.15) is 0 Å². The second kappa shape index (κ2) is 10.7. The number of ketones is 1. The van der Waals surface area contributed by atoms with E-state index in [2.05, 4.69) is 28.5 Å². The van der Waals surface area contributed by atoms with Crippen LogP contribution in [0.25, 0.3) is 0 Å². The Morgan fingerprint density at radius 1 is 1.31 bits per heavy atom. The Bertz CT molecular complexity index is 808. The van der Waals surface area contributed by atoms with Crippen molar-refractivity contribution < 1.29 is 19.8 Å². The van der Waals surface area contributed by atoms with Crippen LogP contribution in [0.15, 0.2) is 28.8 Å². The van der Waals surface area contributed by atoms with E-state index in [1.54, 1.807) is 25.6 Å². The molecule has 3 aliphatic rings. The lowest BCUT2D eigenvalue weighted by molar-refractivity contribution is -0.156. The molecular formula is C25H38N2O4S. The van der Waals surface area contributed by atoms with E-state index in [0.717, 1.165) is 35.6 Å². The van der Waals surface area contributed by atoms with Crippen LogP contribution in [0.1, 0.15) is 66.2 Å². The third-order valence-electron chi connectivity index (χ3n) is 7.41. The van der Waals surface area contributed by atoms with Crippen LogP contribution >= 0.6 is 11.8 Å². The molecule has 0 saturated heterocycles. The summed E-state index contributed by atoms with van der Waals surface area (Å²) < 4.78 is 0. The summed E-state index contributed by atoms with van der Waals surface area (Å²) in [4.78, 5) is 30.6. The highest BCUT2D eigenvalue weighted by Crippen LogP contribution is 2.44. The van der Waals surface area contributed by atoms with Gasteiger partial charge in [-0.25, -0.2) is 0 Å². The van der Waals surface area contributed by atoms with Crippen LogP contribution in [0.4, 0.5) is 0 Å². The largest absolute Gasteiger partial charge is 0.392 e. The monoisotopic (exact) mass is 462 g/mol. The number of aliphatic hydroxyl groups is 2. The quantitative estimate of drug-likeness (QED) is 0.546. The number of allylic oxidation sites excluding steroid dienone is 1. The van der Waals surface area contributed by atoms with Crippen molar-refractivity contribution in [3.63, 3.8) is 0 Å². The lowest BCUT2D eigenvalue weighted by Crippen LogP contribution is -2.54. The van der Waals surface area contributed by atoms with E-state index in [9.17, 15) is 19.8 Å². The van der Waals surface area contributed by atoms with Crippen LogP contribution in [-0.4, -0.2) is 57.0 Å². The van der Waals surface area contributed by atoms with E-state index < -0.39 is 23.5 Å². The molecule has 6 nitrogen and oxygen atoms in total.